The van der Waals surface area contributed by atoms with Crippen LogP contribution in [-0.2, 0) is 6.54 Å². The van der Waals surface area contributed by atoms with Gasteiger partial charge in [0.25, 0.3) is 0 Å². The van der Waals surface area contributed by atoms with Gasteiger partial charge in [0.05, 0.1) is 18.5 Å². The number of nitrogens with one attached hydrogen (secondary N) is 1. The Labute approximate surface area is 155 Å². The maximum absolute atomic E-state index is 5.40. The van der Waals surface area contributed by atoms with E-state index in [0.717, 1.165) is 48.8 Å². The Balaban J connectivity index is 1.92. The molecule has 0 saturated heterocycles. The molecule has 0 fully saturated rings. The minimum absolute atomic E-state index is 0.562. The van der Waals surface area contributed by atoms with Crippen LogP contribution in [0.2, 0.25) is 0 Å². The maximum Gasteiger partial charge on any atom is 0.225 e. The molecule has 0 saturated carbocycles. The van der Waals surface area contributed by atoms with Gasteiger partial charge in [-0.05, 0) is 25.0 Å². The number of anilines is 2. The molecule has 0 aliphatic heterocycles. The molecule has 0 atom stereocenters. The molecule has 2 heterocycles. The molecule has 5 nitrogen and oxygen atoms in total. The molecular weight excluding hydrogens is 324 g/mol. The Bertz CT molecular complexity index is 781. The van der Waals surface area contributed by atoms with Crippen LogP contribution < -0.4 is 10.2 Å². The summed E-state index contributed by atoms with van der Waals surface area (Å²) in [7, 11) is 0. The lowest BCUT2D eigenvalue weighted by atomic mass is 10.1. The molecule has 5 heteroatoms. The smallest absolute Gasteiger partial charge is 0.225 e. The van der Waals surface area contributed by atoms with Crippen LogP contribution >= 0.6 is 0 Å². The average Bonchev–Trinajstić information content (AvgIpc) is 3.20. The Morgan fingerprint density at radius 1 is 0.962 bits per heavy atom. The predicted molar refractivity (Wildman–Crippen MR) is 106 cm³/mol. The minimum Gasteiger partial charge on any atom is -0.467 e. The van der Waals surface area contributed by atoms with E-state index in [1.807, 2.05) is 30.3 Å². The molecule has 136 valence electrons. The van der Waals surface area contributed by atoms with Crippen LogP contribution in [0.3, 0.4) is 0 Å². The number of hydrogen-bond acceptors (Lipinski definition) is 5. The summed E-state index contributed by atoms with van der Waals surface area (Å²) >= 11 is 0. The van der Waals surface area contributed by atoms with Crippen molar-refractivity contribution in [3.05, 3.63) is 60.6 Å². The molecule has 3 aromatic rings. The topological polar surface area (TPSA) is 54.2 Å². The van der Waals surface area contributed by atoms with Crippen molar-refractivity contribution in [2.24, 2.45) is 0 Å². The highest BCUT2D eigenvalue weighted by atomic mass is 16.3. The van der Waals surface area contributed by atoms with Crippen LogP contribution in [0.15, 0.2) is 59.2 Å². The molecule has 0 unspecified atom stereocenters. The Kier molecular flexibility index (Phi) is 6.25. The maximum atomic E-state index is 5.40. The normalized spacial score (nSPS) is 10.7. The Hall–Kier alpha value is -2.82. The first-order valence-electron chi connectivity index (χ1n) is 9.26. The molecule has 2 aromatic heterocycles. The number of rotatable bonds is 9. The predicted octanol–water partition coefficient (Wildman–Crippen LogP) is 4.98. The zero-order chi connectivity index (χ0) is 18.2. The molecule has 0 bridgehead atoms. The van der Waals surface area contributed by atoms with Gasteiger partial charge in [0.1, 0.15) is 11.6 Å². The standard InChI is InChI=1S/C21H26N4O/c1-3-12-25(13-4-2)20-15-19(17-9-6-5-7-10-17)23-21(24-20)22-16-18-11-8-14-26-18/h5-11,14-15H,3-4,12-13,16H2,1-2H3,(H,22,23,24). The van der Waals surface area contributed by atoms with Gasteiger partial charge < -0.3 is 14.6 Å². The first-order chi connectivity index (χ1) is 12.8. The molecule has 0 spiro atoms. The van der Waals surface area contributed by atoms with Gasteiger partial charge in [-0.2, -0.15) is 4.98 Å². The van der Waals surface area contributed by atoms with Crippen molar-refractivity contribution in [2.75, 3.05) is 23.3 Å². The minimum atomic E-state index is 0.562. The third-order valence-corrected chi connectivity index (χ3v) is 4.09. The van der Waals surface area contributed by atoms with Crippen molar-refractivity contribution in [3.63, 3.8) is 0 Å². The quantitative estimate of drug-likeness (QED) is 0.590. The number of benzene rings is 1. The van der Waals surface area contributed by atoms with E-state index in [1.165, 1.54) is 0 Å². The first kappa shape index (κ1) is 18.0. The van der Waals surface area contributed by atoms with Crippen molar-refractivity contribution in [1.29, 1.82) is 0 Å². The molecule has 1 N–H and O–H groups in total. The summed E-state index contributed by atoms with van der Waals surface area (Å²) in [5.74, 6) is 2.44. The van der Waals surface area contributed by atoms with Gasteiger partial charge in [0, 0.05) is 24.7 Å². The number of aromatic nitrogens is 2. The zero-order valence-corrected chi connectivity index (χ0v) is 15.5. The van der Waals surface area contributed by atoms with Gasteiger partial charge in [0.2, 0.25) is 5.95 Å². The summed E-state index contributed by atoms with van der Waals surface area (Å²) in [6.45, 7) is 6.91. The summed E-state index contributed by atoms with van der Waals surface area (Å²) in [5.41, 5.74) is 2.01. The van der Waals surface area contributed by atoms with E-state index in [1.54, 1.807) is 6.26 Å². The van der Waals surface area contributed by atoms with Gasteiger partial charge in [-0.25, -0.2) is 4.98 Å². The fraction of sp³-hybridized carbons (Fsp3) is 0.333. The lowest BCUT2D eigenvalue weighted by Crippen LogP contribution is -2.26. The molecule has 0 radical (unpaired) electrons. The Morgan fingerprint density at radius 3 is 2.38 bits per heavy atom. The van der Waals surface area contributed by atoms with Gasteiger partial charge in [-0.3, -0.25) is 0 Å². The van der Waals surface area contributed by atoms with Crippen LogP contribution in [0.1, 0.15) is 32.4 Å². The molecule has 0 amide bonds. The largest absolute Gasteiger partial charge is 0.467 e. The van der Waals surface area contributed by atoms with Crippen LogP contribution in [-0.4, -0.2) is 23.1 Å². The van der Waals surface area contributed by atoms with E-state index in [4.69, 9.17) is 14.4 Å². The summed E-state index contributed by atoms with van der Waals surface area (Å²) in [5, 5.41) is 3.29. The van der Waals surface area contributed by atoms with Crippen LogP contribution in [0.4, 0.5) is 11.8 Å². The third-order valence-electron chi connectivity index (χ3n) is 4.09. The highest BCUT2D eigenvalue weighted by molar-refractivity contribution is 5.64. The van der Waals surface area contributed by atoms with E-state index < -0.39 is 0 Å². The van der Waals surface area contributed by atoms with Crippen molar-refractivity contribution >= 4 is 11.8 Å². The average molecular weight is 350 g/mol. The van der Waals surface area contributed by atoms with Gasteiger partial charge in [-0.1, -0.05) is 44.2 Å². The second kappa shape index (κ2) is 9.04. The van der Waals surface area contributed by atoms with Crippen LogP contribution in [0, 0.1) is 0 Å². The van der Waals surface area contributed by atoms with Crippen molar-refractivity contribution in [3.8, 4) is 11.3 Å². The van der Waals surface area contributed by atoms with Gasteiger partial charge >= 0.3 is 0 Å². The molecule has 1 aromatic carbocycles. The van der Waals surface area contributed by atoms with E-state index in [9.17, 15) is 0 Å². The number of nitrogens with zero attached hydrogens (tertiary/aromatic N) is 3. The fourth-order valence-corrected chi connectivity index (χ4v) is 2.89. The van der Waals surface area contributed by atoms with E-state index >= 15 is 0 Å². The van der Waals surface area contributed by atoms with E-state index in [0.29, 0.717) is 12.5 Å². The highest BCUT2D eigenvalue weighted by Crippen LogP contribution is 2.24. The fourth-order valence-electron chi connectivity index (χ4n) is 2.89. The molecule has 0 aliphatic carbocycles. The molecule has 26 heavy (non-hydrogen) atoms. The number of furan rings is 1. The first-order valence-corrected chi connectivity index (χ1v) is 9.26. The third kappa shape index (κ3) is 4.63. The van der Waals surface area contributed by atoms with E-state index in [-0.39, 0.29) is 0 Å². The van der Waals surface area contributed by atoms with Crippen molar-refractivity contribution in [1.82, 2.24) is 9.97 Å². The monoisotopic (exact) mass is 350 g/mol. The SMILES string of the molecule is CCCN(CCC)c1cc(-c2ccccc2)nc(NCc2ccco2)n1. The lowest BCUT2D eigenvalue weighted by Gasteiger charge is -2.23. The van der Waals surface area contributed by atoms with Crippen LogP contribution in [0.5, 0.6) is 0 Å². The van der Waals surface area contributed by atoms with Gasteiger partial charge in [-0.15, -0.1) is 0 Å². The summed E-state index contributed by atoms with van der Waals surface area (Å²) < 4.78 is 5.40. The lowest BCUT2D eigenvalue weighted by molar-refractivity contribution is 0.517. The zero-order valence-electron chi connectivity index (χ0n) is 15.5. The molecule has 0 aliphatic rings. The van der Waals surface area contributed by atoms with Crippen molar-refractivity contribution < 1.29 is 4.42 Å². The molecule has 3 rings (SSSR count). The molecular formula is C21H26N4O. The summed E-state index contributed by atoms with van der Waals surface area (Å²) in [6.07, 6.45) is 3.84. The highest BCUT2D eigenvalue weighted by Gasteiger charge is 2.12. The number of hydrogen-bond donors (Lipinski definition) is 1. The summed E-state index contributed by atoms with van der Waals surface area (Å²) in [6, 6.07) is 16.1. The Morgan fingerprint density at radius 2 is 1.73 bits per heavy atom. The van der Waals surface area contributed by atoms with Gasteiger partial charge in [0.15, 0.2) is 0 Å². The second-order valence-electron chi connectivity index (χ2n) is 6.22. The van der Waals surface area contributed by atoms with Crippen LogP contribution in [0.25, 0.3) is 11.3 Å². The van der Waals surface area contributed by atoms with E-state index in [2.05, 4.69) is 42.3 Å². The second-order valence-corrected chi connectivity index (χ2v) is 6.22. The summed E-state index contributed by atoms with van der Waals surface area (Å²) in [4.78, 5) is 11.8. The van der Waals surface area contributed by atoms with Crippen molar-refractivity contribution in [2.45, 2.75) is 33.2 Å².